The second kappa shape index (κ2) is 69.6. The van der Waals surface area contributed by atoms with E-state index in [1.807, 2.05) is 6.08 Å². The van der Waals surface area contributed by atoms with Gasteiger partial charge in [-0.2, -0.15) is 0 Å². The van der Waals surface area contributed by atoms with Crippen molar-refractivity contribution >= 4 is 17.9 Å². The standard InChI is InChI=1S/C76H130O6/c1-4-7-10-13-16-19-22-25-28-30-31-32-33-34-35-36-37-38-39-40-41-42-43-44-45-46-49-51-54-57-60-63-66-69-75(78)81-72-73(71-80-74(77)68-65-62-59-56-53-50-47-27-24-21-18-15-12-9-6-3)82-76(79)70-67-64-61-58-55-52-48-29-26-23-20-17-14-11-8-5-2/h9,12,18,21-22,25,27,29-31,33-34,47-48,53,56,62,65,73H,4-8,10-11,13-17,19-20,23-24,26,28,32,35-46,49-52,54-55,57-61,63-64,66-72H2,1-3H3/b12-9-,21-18-,25-22-,31-30-,34-33-,47-27-,48-29-,56-53-,65-62-. The van der Waals surface area contributed by atoms with Crippen molar-refractivity contribution in [1.82, 2.24) is 0 Å². The van der Waals surface area contributed by atoms with Gasteiger partial charge in [-0.1, -0.05) is 316 Å². The molecule has 1 atom stereocenters. The van der Waals surface area contributed by atoms with E-state index in [0.29, 0.717) is 12.8 Å². The second-order valence-electron chi connectivity index (χ2n) is 23.1. The highest BCUT2D eigenvalue weighted by atomic mass is 16.6. The number of rotatable bonds is 63. The van der Waals surface area contributed by atoms with Crippen LogP contribution < -0.4 is 0 Å². The van der Waals surface area contributed by atoms with Crippen molar-refractivity contribution in [3.8, 4) is 0 Å². The molecule has 470 valence electrons. The molecule has 0 saturated heterocycles. The Kier molecular flexibility index (Phi) is 66.2. The van der Waals surface area contributed by atoms with Gasteiger partial charge in [-0.25, -0.2) is 0 Å². The molecule has 0 fully saturated rings. The number of unbranched alkanes of at least 4 members (excludes halogenated alkanes) is 35. The lowest BCUT2D eigenvalue weighted by Crippen LogP contribution is -2.30. The van der Waals surface area contributed by atoms with Crippen LogP contribution in [0.4, 0.5) is 0 Å². The van der Waals surface area contributed by atoms with E-state index in [4.69, 9.17) is 14.2 Å². The SMILES string of the molecule is CC/C=C\C/C=C\C/C=C\C/C=C\C/C=C\CC(=O)OCC(COC(=O)CCCCCCCCCCCCCCCCCCCC/C=C\C/C=C\C/C=C\CCCCCCC)OC(=O)CCCCCCC/C=C\CCCCCCCCC. The molecule has 0 saturated carbocycles. The average Bonchev–Trinajstić information content (AvgIpc) is 3.47. The van der Waals surface area contributed by atoms with E-state index < -0.39 is 12.1 Å². The van der Waals surface area contributed by atoms with Gasteiger partial charge in [0.15, 0.2) is 6.10 Å². The summed E-state index contributed by atoms with van der Waals surface area (Å²) in [6.45, 7) is 6.45. The molecule has 0 heterocycles. The van der Waals surface area contributed by atoms with Crippen molar-refractivity contribution in [2.45, 2.75) is 341 Å². The van der Waals surface area contributed by atoms with E-state index in [2.05, 4.69) is 118 Å². The first-order valence-electron chi connectivity index (χ1n) is 34.9. The topological polar surface area (TPSA) is 78.9 Å². The van der Waals surface area contributed by atoms with E-state index in [1.165, 1.54) is 199 Å². The largest absolute Gasteiger partial charge is 0.462 e. The van der Waals surface area contributed by atoms with Gasteiger partial charge in [-0.15, -0.1) is 0 Å². The van der Waals surface area contributed by atoms with Crippen LogP contribution >= 0.6 is 0 Å². The van der Waals surface area contributed by atoms with Gasteiger partial charge in [0.2, 0.25) is 0 Å². The minimum atomic E-state index is -0.823. The Morgan fingerprint density at radius 1 is 0.268 bits per heavy atom. The summed E-state index contributed by atoms with van der Waals surface area (Å²) in [6.07, 6.45) is 95.8. The van der Waals surface area contributed by atoms with Crippen LogP contribution in [0.3, 0.4) is 0 Å². The summed E-state index contributed by atoms with van der Waals surface area (Å²) in [4.78, 5) is 38.3. The zero-order valence-corrected chi connectivity index (χ0v) is 54.0. The third kappa shape index (κ3) is 66.9. The third-order valence-electron chi connectivity index (χ3n) is 15.0. The lowest BCUT2D eigenvalue weighted by Gasteiger charge is -2.18. The van der Waals surface area contributed by atoms with E-state index in [9.17, 15) is 14.4 Å². The zero-order valence-electron chi connectivity index (χ0n) is 54.0. The van der Waals surface area contributed by atoms with Crippen molar-refractivity contribution in [3.63, 3.8) is 0 Å². The molecule has 82 heavy (non-hydrogen) atoms. The summed E-state index contributed by atoms with van der Waals surface area (Å²) in [6, 6.07) is 0. The number of esters is 3. The maximum atomic E-state index is 12.9. The second-order valence-corrected chi connectivity index (χ2v) is 23.1. The van der Waals surface area contributed by atoms with Gasteiger partial charge >= 0.3 is 17.9 Å². The van der Waals surface area contributed by atoms with Crippen LogP contribution in [-0.2, 0) is 28.6 Å². The average molecular weight is 1140 g/mol. The number of carbonyl (C=O) groups is 3. The number of hydrogen-bond donors (Lipinski definition) is 0. The quantitative estimate of drug-likeness (QED) is 0.0261. The predicted octanol–water partition coefficient (Wildman–Crippen LogP) is 24.2. The molecule has 0 amide bonds. The maximum Gasteiger partial charge on any atom is 0.309 e. The van der Waals surface area contributed by atoms with Gasteiger partial charge < -0.3 is 14.2 Å². The zero-order chi connectivity index (χ0) is 59.2. The van der Waals surface area contributed by atoms with Crippen molar-refractivity contribution in [1.29, 1.82) is 0 Å². The molecule has 0 aromatic carbocycles. The van der Waals surface area contributed by atoms with Gasteiger partial charge in [-0.05, 0) is 109 Å². The van der Waals surface area contributed by atoms with Gasteiger partial charge in [0.25, 0.3) is 0 Å². The minimum Gasteiger partial charge on any atom is -0.462 e. The Balaban J connectivity index is 4.24. The molecule has 0 aliphatic rings. The summed E-state index contributed by atoms with van der Waals surface area (Å²) in [5.41, 5.74) is 0. The lowest BCUT2D eigenvalue weighted by atomic mass is 10.0. The highest BCUT2D eigenvalue weighted by molar-refractivity contribution is 5.72. The fourth-order valence-electron chi connectivity index (χ4n) is 9.81. The lowest BCUT2D eigenvalue weighted by molar-refractivity contribution is -0.166. The van der Waals surface area contributed by atoms with Gasteiger partial charge in [0.1, 0.15) is 13.2 Å². The Morgan fingerprint density at radius 3 is 0.866 bits per heavy atom. The van der Waals surface area contributed by atoms with Crippen molar-refractivity contribution in [2.24, 2.45) is 0 Å². The molecule has 0 aromatic heterocycles. The van der Waals surface area contributed by atoms with Crippen LogP contribution in [0.1, 0.15) is 335 Å². The van der Waals surface area contributed by atoms with Crippen LogP contribution in [0.25, 0.3) is 0 Å². The fourth-order valence-corrected chi connectivity index (χ4v) is 9.81. The molecular formula is C76H130O6. The summed E-state index contributed by atoms with van der Waals surface area (Å²) in [7, 11) is 0. The molecule has 0 aliphatic carbocycles. The molecule has 0 aliphatic heterocycles. The molecule has 6 nitrogen and oxygen atoms in total. The first-order chi connectivity index (χ1) is 40.5. The van der Waals surface area contributed by atoms with Crippen LogP contribution in [0.15, 0.2) is 109 Å². The first kappa shape index (κ1) is 78.1. The summed E-state index contributed by atoms with van der Waals surface area (Å²) in [5.74, 6) is -1.04. The van der Waals surface area contributed by atoms with Gasteiger partial charge in [0.05, 0.1) is 6.42 Å². The predicted molar refractivity (Wildman–Crippen MR) is 357 cm³/mol. The summed E-state index contributed by atoms with van der Waals surface area (Å²) >= 11 is 0. The Labute approximate surface area is 508 Å². The molecule has 0 N–H and O–H groups in total. The monoisotopic (exact) mass is 1140 g/mol. The van der Waals surface area contributed by atoms with Crippen LogP contribution in [0.5, 0.6) is 0 Å². The van der Waals surface area contributed by atoms with Crippen LogP contribution in [-0.4, -0.2) is 37.2 Å². The molecule has 0 bridgehead atoms. The Bertz CT molecular complexity index is 1640. The normalized spacial score (nSPS) is 12.8. The molecule has 0 radical (unpaired) electrons. The smallest absolute Gasteiger partial charge is 0.309 e. The molecular weight excluding hydrogens is 1010 g/mol. The number of ether oxygens (including phenoxy) is 3. The molecule has 0 spiro atoms. The molecule has 1 unspecified atom stereocenters. The first-order valence-corrected chi connectivity index (χ1v) is 34.9. The van der Waals surface area contributed by atoms with E-state index in [0.717, 1.165) is 96.3 Å². The third-order valence-corrected chi connectivity index (χ3v) is 15.0. The number of allylic oxidation sites excluding steroid dienone is 17. The Morgan fingerprint density at radius 2 is 0.524 bits per heavy atom. The van der Waals surface area contributed by atoms with Crippen molar-refractivity contribution < 1.29 is 28.6 Å². The maximum absolute atomic E-state index is 12.9. The van der Waals surface area contributed by atoms with Gasteiger partial charge in [-0.3, -0.25) is 14.4 Å². The fraction of sp³-hybridized carbons (Fsp3) is 0.724. The van der Waals surface area contributed by atoms with Crippen molar-refractivity contribution in [3.05, 3.63) is 109 Å². The van der Waals surface area contributed by atoms with Crippen LogP contribution in [0, 0.1) is 0 Å². The number of carbonyl (C=O) groups excluding carboxylic acids is 3. The van der Waals surface area contributed by atoms with E-state index in [-0.39, 0.29) is 31.6 Å². The summed E-state index contributed by atoms with van der Waals surface area (Å²) in [5, 5.41) is 0. The molecule has 0 aromatic rings. The molecule has 0 rings (SSSR count). The highest BCUT2D eigenvalue weighted by Crippen LogP contribution is 2.17. The Hall–Kier alpha value is -3.93. The van der Waals surface area contributed by atoms with Crippen molar-refractivity contribution in [2.75, 3.05) is 13.2 Å². The van der Waals surface area contributed by atoms with E-state index >= 15 is 0 Å². The summed E-state index contributed by atoms with van der Waals surface area (Å²) < 4.78 is 16.8. The molecule has 6 heteroatoms. The van der Waals surface area contributed by atoms with Crippen LogP contribution in [0.2, 0.25) is 0 Å². The number of hydrogen-bond acceptors (Lipinski definition) is 6. The highest BCUT2D eigenvalue weighted by Gasteiger charge is 2.19. The van der Waals surface area contributed by atoms with Gasteiger partial charge in [0, 0.05) is 12.8 Å². The van der Waals surface area contributed by atoms with E-state index in [1.54, 1.807) is 6.08 Å². The minimum absolute atomic E-state index is 0.110.